The predicted molar refractivity (Wildman–Crippen MR) is 125 cm³/mol. The molecule has 5 rings (SSSR count). The molecule has 3 aromatic heterocycles. The molecule has 4 aromatic rings. The second kappa shape index (κ2) is 8.02. The van der Waals surface area contributed by atoms with Crippen molar-refractivity contribution in [3.63, 3.8) is 0 Å². The number of nitrogens with zero attached hydrogens (tertiary/aromatic N) is 3. The number of carboxylic acids is 1. The standard InChI is InChI=1S/C24H24N4O3S/c1-14-10-16(19-13-25-21(32-19)24(22(29)30)7-4-3-5-8-24)12-17(11-14)27-23-26-15(2)20-18(28-23)6-9-31-20/h6,9-13H,3-5,7-8H2,1-2H3,(H,29,30)(H,26,27,28). The average molecular weight is 449 g/mol. The van der Waals surface area contributed by atoms with Crippen LogP contribution >= 0.6 is 11.3 Å². The van der Waals surface area contributed by atoms with Gasteiger partial charge in [-0.2, -0.15) is 0 Å². The molecule has 32 heavy (non-hydrogen) atoms. The van der Waals surface area contributed by atoms with Gasteiger partial charge in [0.2, 0.25) is 5.95 Å². The molecular weight excluding hydrogens is 424 g/mol. The summed E-state index contributed by atoms with van der Waals surface area (Å²) in [6.07, 6.45) is 7.67. The Hall–Kier alpha value is -3.26. The number of aliphatic carboxylic acids is 1. The highest BCUT2D eigenvalue weighted by molar-refractivity contribution is 7.15. The molecule has 0 aliphatic heterocycles. The minimum absolute atomic E-state index is 0.505. The molecule has 0 atom stereocenters. The van der Waals surface area contributed by atoms with Crippen molar-refractivity contribution in [1.29, 1.82) is 0 Å². The summed E-state index contributed by atoms with van der Waals surface area (Å²) < 4.78 is 5.43. The van der Waals surface area contributed by atoms with Gasteiger partial charge in [0.25, 0.3) is 0 Å². The minimum atomic E-state index is -0.850. The molecule has 8 heteroatoms. The van der Waals surface area contributed by atoms with Crippen molar-refractivity contribution in [2.75, 3.05) is 5.32 Å². The van der Waals surface area contributed by atoms with E-state index in [0.29, 0.717) is 29.4 Å². The number of furan rings is 1. The van der Waals surface area contributed by atoms with Crippen molar-refractivity contribution in [1.82, 2.24) is 15.0 Å². The van der Waals surface area contributed by atoms with Crippen LogP contribution in [0.4, 0.5) is 11.6 Å². The van der Waals surface area contributed by atoms with E-state index in [1.807, 2.05) is 32.0 Å². The first-order chi connectivity index (χ1) is 15.4. The number of nitrogens with one attached hydrogen (secondary N) is 1. The van der Waals surface area contributed by atoms with E-state index < -0.39 is 11.4 Å². The van der Waals surface area contributed by atoms with Gasteiger partial charge in [0.15, 0.2) is 5.58 Å². The number of rotatable bonds is 5. The lowest BCUT2D eigenvalue weighted by Gasteiger charge is -2.31. The van der Waals surface area contributed by atoms with E-state index in [2.05, 4.69) is 26.3 Å². The van der Waals surface area contributed by atoms with Gasteiger partial charge >= 0.3 is 5.97 Å². The number of fused-ring (bicyclic) bond motifs is 1. The van der Waals surface area contributed by atoms with Crippen molar-refractivity contribution in [2.24, 2.45) is 0 Å². The molecule has 1 saturated carbocycles. The molecule has 0 radical (unpaired) electrons. The van der Waals surface area contributed by atoms with Gasteiger partial charge in [0.05, 0.1) is 16.8 Å². The second-order valence-electron chi connectivity index (χ2n) is 8.46. The molecule has 0 bridgehead atoms. The Labute approximate surface area is 189 Å². The highest BCUT2D eigenvalue weighted by Crippen LogP contribution is 2.43. The van der Waals surface area contributed by atoms with E-state index in [4.69, 9.17) is 4.42 Å². The molecular formula is C24H24N4O3S. The third-order valence-corrected chi connectivity index (χ3v) is 7.37. The predicted octanol–water partition coefficient (Wildman–Crippen LogP) is 5.99. The zero-order valence-corrected chi connectivity index (χ0v) is 18.8. The minimum Gasteiger partial charge on any atom is -0.481 e. The summed E-state index contributed by atoms with van der Waals surface area (Å²) in [5.41, 5.74) is 4.30. The number of carboxylic acid groups (broad SMARTS) is 1. The van der Waals surface area contributed by atoms with Crippen molar-refractivity contribution >= 4 is 40.0 Å². The second-order valence-corrected chi connectivity index (χ2v) is 9.49. The summed E-state index contributed by atoms with van der Waals surface area (Å²) >= 11 is 1.49. The largest absolute Gasteiger partial charge is 0.481 e. The third-order valence-electron chi connectivity index (χ3n) is 6.12. The molecule has 0 unspecified atom stereocenters. The first-order valence-electron chi connectivity index (χ1n) is 10.8. The Kier molecular flexibility index (Phi) is 5.17. The molecule has 0 saturated heterocycles. The molecule has 1 aromatic carbocycles. The highest BCUT2D eigenvalue weighted by Gasteiger charge is 2.43. The molecule has 3 heterocycles. The zero-order chi connectivity index (χ0) is 22.3. The van der Waals surface area contributed by atoms with Crippen molar-refractivity contribution in [3.05, 3.63) is 53.0 Å². The molecule has 0 spiro atoms. The van der Waals surface area contributed by atoms with Crippen LogP contribution in [0.1, 0.15) is 48.4 Å². The first-order valence-corrected chi connectivity index (χ1v) is 11.6. The lowest BCUT2D eigenvalue weighted by Crippen LogP contribution is -2.37. The van der Waals surface area contributed by atoms with Crippen LogP contribution in [0.3, 0.4) is 0 Å². The van der Waals surface area contributed by atoms with E-state index in [-0.39, 0.29) is 0 Å². The van der Waals surface area contributed by atoms with Crippen LogP contribution in [0, 0.1) is 13.8 Å². The molecule has 2 N–H and O–H groups in total. The number of carbonyl (C=O) groups is 1. The van der Waals surface area contributed by atoms with Gasteiger partial charge in [-0.05, 0) is 49.9 Å². The average Bonchev–Trinajstić information content (AvgIpc) is 3.44. The maximum absolute atomic E-state index is 12.2. The highest BCUT2D eigenvalue weighted by atomic mass is 32.1. The van der Waals surface area contributed by atoms with Gasteiger partial charge in [-0.3, -0.25) is 4.79 Å². The van der Waals surface area contributed by atoms with E-state index in [1.165, 1.54) is 11.3 Å². The molecule has 164 valence electrons. The van der Waals surface area contributed by atoms with Crippen LogP contribution in [0.25, 0.3) is 21.5 Å². The van der Waals surface area contributed by atoms with Gasteiger partial charge in [-0.1, -0.05) is 25.3 Å². The van der Waals surface area contributed by atoms with Crippen LogP contribution in [-0.4, -0.2) is 26.0 Å². The summed E-state index contributed by atoms with van der Waals surface area (Å²) in [6.45, 7) is 3.92. The number of anilines is 2. The number of benzene rings is 1. The number of aromatic nitrogens is 3. The number of thiazole rings is 1. The van der Waals surface area contributed by atoms with Crippen molar-refractivity contribution in [3.8, 4) is 10.4 Å². The Morgan fingerprint density at radius 2 is 1.97 bits per heavy atom. The fraction of sp³-hybridized carbons (Fsp3) is 0.333. The van der Waals surface area contributed by atoms with Crippen LogP contribution in [-0.2, 0) is 10.2 Å². The monoisotopic (exact) mass is 448 g/mol. The summed E-state index contributed by atoms with van der Waals surface area (Å²) in [5, 5.41) is 14.0. The smallest absolute Gasteiger partial charge is 0.316 e. The van der Waals surface area contributed by atoms with Crippen LogP contribution in [0.5, 0.6) is 0 Å². The summed E-state index contributed by atoms with van der Waals surface area (Å²) in [7, 11) is 0. The first kappa shape index (κ1) is 20.6. The Morgan fingerprint density at radius 1 is 1.16 bits per heavy atom. The van der Waals surface area contributed by atoms with E-state index in [1.54, 1.807) is 12.5 Å². The van der Waals surface area contributed by atoms with Gasteiger partial charge in [0, 0.05) is 18.0 Å². The number of aryl methyl sites for hydroxylation is 2. The summed E-state index contributed by atoms with van der Waals surface area (Å²) in [5.74, 6) is -0.253. The lowest BCUT2D eigenvalue weighted by molar-refractivity contribution is -0.145. The van der Waals surface area contributed by atoms with Gasteiger partial charge < -0.3 is 14.8 Å². The Morgan fingerprint density at radius 3 is 2.75 bits per heavy atom. The summed E-state index contributed by atoms with van der Waals surface area (Å²) in [4.78, 5) is 26.7. The molecule has 1 fully saturated rings. The SMILES string of the molecule is Cc1cc(Nc2nc(C)c3occc3n2)cc(-c2cnc(C3(C(=O)O)CCCCC3)s2)c1. The molecule has 1 aliphatic carbocycles. The lowest BCUT2D eigenvalue weighted by atomic mass is 9.74. The fourth-order valence-electron chi connectivity index (χ4n) is 4.50. The topological polar surface area (TPSA) is 101 Å². The van der Waals surface area contributed by atoms with Crippen LogP contribution in [0.15, 0.2) is 41.1 Å². The maximum atomic E-state index is 12.2. The van der Waals surface area contributed by atoms with Gasteiger partial charge in [-0.15, -0.1) is 11.3 Å². The van der Waals surface area contributed by atoms with E-state index >= 15 is 0 Å². The fourth-order valence-corrected chi connectivity index (χ4v) is 5.64. The third kappa shape index (κ3) is 3.64. The Bertz CT molecular complexity index is 1300. The van der Waals surface area contributed by atoms with E-state index in [0.717, 1.165) is 52.2 Å². The van der Waals surface area contributed by atoms with Crippen molar-refractivity contribution in [2.45, 2.75) is 51.4 Å². The van der Waals surface area contributed by atoms with Gasteiger partial charge in [0.1, 0.15) is 15.9 Å². The van der Waals surface area contributed by atoms with Crippen LogP contribution < -0.4 is 5.32 Å². The van der Waals surface area contributed by atoms with E-state index in [9.17, 15) is 9.90 Å². The van der Waals surface area contributed by atoms with Crippen LogP contribution in [0.2, 0.25) is 0 Å². The quantitative estimate of drug-likeness (QED) is 0.386. The number of hydrogen-bond donors (Lipinski definition) is 2. The van der Waals surface area contributed by atoms with Gasteiger partial charge in [-0.25, -0.2) is 15.0 Å². The molecule has 7 nitrogen and oxygen atoms in total. The van der Waals surface area contributed by atoms with Crippen molar-refractivity contribution < 1.29 is 14.3 Å². The number of hydrogen-bond acceptors (Lipinski definition) is 7. The maximum Gasteiger partial charge on any atom is 0.316 e. The molecule has 0 amide bonds. The zero-order valence-electron chi connectivity index (χ0n) is 18.0. The Balaban J connectivity index is 1.47. The molecule has 1 aliphatic rings. The normalized spacial score (nSPS) is 15.7. The summed E-state index contributed by atoms with van der Waals surface area (Å²) in [6, 6.07) is 7.96.